The summed E-state index contributed by atoms with van der Waals surface area (Å²) in [7, 11) is 0. The molecule has 0 aliphatic rings. The Balaban J connectivity index is 4.25. The van der Waals surface area contributed by atoms with Gasteiger partial charge in [0.15, 0.2) is 0 Å². The molecule has 0 bridgehead atoms. The van der Waals surface area contributed by atoms with Gasteiger partial charge in [-0.1, -0.05) is 0 Å². The average Bonchev–Trinajstić information content (AvgIpc) is 1.56. The quantitative estimate of drug-likeness (QED) is 0.675. The lowest BCUT2D eigenvalue weighted by atomic mass is 9.84. The Hall–Kier alpha value is -0.240. The maximum absolute atomic E-state index is 10.6. The van der Waals surface area contributed by atoms with E-state index in [9.17, 15) is 4.79 Å². The van der Waals surface area contributed by atoms with Crippen molar-refractivity contribution in [2.75, 3.05) is 0 Å². The summed E-state index contributed by atoms with van der Waals surface area (Å²) in [5.41, 5.74) is -0.731. The summed E-state index contributed by atoms with van der Waals surface area (Å²) < 4.78 is 0. The Morgan fingerprint density at radius 2 is 1.73 bits per heavy atom. The van der Waals surface area contributed by atoms with Crippen LogP contribution in [0.25, 0.3) is 0 Å². The fraction of sp³-hybridized carbons (Fsp3) is 0.875. The third-order valence-corrected chi connectivity index (χ3v) is 1.57. The van der Waals surface area contributed by atoms with E-state index in [1.54, 1.807) is 13.8 Å². The second kappa shape index (κ2) is 3.02. The van der Waals surface area contributed by atoms with E-state index in [1.807, 2.05) is 13.8 Å². The molecule has 0 saturated carbocycles. The van der Waals surface area contributed by atoms with Crippen molar-refractivity contribution < 1.29 is 9.90 Å². The SMILES string of the molecule is CC(C)(Cl)CC(C)(C)C(=O)O. The van der Waals surface area contributed by atoms with Crippen molar-refractivity contribution in [2.45, 2.75) is 39.0 Å². The first-order chi connectivity index (χ1) is 4.65. The van der Waals surface area contributed by atoms with E-state index in [2.05, 4.69) is 0 Å². The summed E-state index contributed by atoms with van der Waals surface area (Å²) in [6.45, 7) is 7.00. The van der Waals surface area contributed by atoms with Crippen LogP contribution in [0.4, 0.5) is 0 Å². The number of carbonyl (C=O) groups is 1. The van der Waals surface area contributed by atoms with Gasteiger partial charge in [0.25, 0.3) is 0 Å². The number of rotatable bonds is 3. The molecule has 1 N–H and O–H groups in total. The van der Waals surface area contributed by atoms with Crippen LogP contribution in [-0.2, 0) is 4.79 Å². The minimum atomic E-state index is -0.800. The molecule has 11 heavy (non-hydrogen) atoms. The van der Waals surface area contributed by atoms with E-state index in [1.165, 1.54) is 0 Å². The molecule has 0 spiro atoms. The molecule has 0 radical (unpaired) electrons. The van der Waals surface area contributed by atoms with Gasteiger partial charge < -0.3 is 5.11 Å². The highest BCUT2D eigenvalue weighted by atomic mass is 35.5. The van der Waals surface area contributed by atoms with Crippen LogP contribution in [0, 0.1) is 5.41 Å². The number of aliphatic carboxylic acids is 1. The van der Waals surface area contributed by atoms with Crippen LogP contribution in [0.15, 0.2) is 0 Å². The summed E-state index contributed by atoms with van der Waals surface area (Å²) in [6.07, 6.45) is 0.469. The van der Waals surface area contributed by atoms with Gasteiger partial charge in [-0.05, 0) is 34.1 Å². The van der Waals surface area contributed by atoms with Crippen molar-refractivity contribution in [3.8, 4) is 0 Å². The zero-order chi connectivity index (χ0) is 9.28. The molecular weight excluding hydrogens is 164 g/mol. The predicted molar refractivity (Wildman–Crippen MR) is 46.0 cm³/mol. The first-order valence-electron chi connectivity index (χ1n) is 3.57. The number of hydrogen-bond donors (Lipinski definition) is 1. The van der Waals surface area contributed by atoms with Gasteiger partial charge in [0, 0.05) is 4.87 Å². The molecule has 0 fully saturated rings. The van der Waals surface area contributed by atoms with Gasteiger partial charge in [-0.3, -0.25) is 4.79 Å². The van der Waals surface area contributed by atoms with E-state index >= 15 is 0 Å². The lowest BCUT2D eigenvalue weighted by Gasteiger charge is -2.26. The van der Waals surface area contributed by atoms with Gasteiger partial charge in [-0.15, -0.1) is 11.6 Å². The van der Waals surface area contributed by atoms with Crippen LogP contribution in [0.5, 0.6) is 0 Å². The third kappa shape index (κ3) is 4.25. The molecule has 3 heteroatoms. The summed E-state index contributed by atoms with van der Waals surface area (Å²) >= 11 is 5.90. The van der Waals surface area contributed by atoms with Crippen molar-refractivity contribution in [1.29, 1.82) is 0 Å². The molecule has 0 aromatic carbocycles. The molecule has 0 aromatic rings. The third-order valence-electron chi connectivity index (χ3n) is 1.44. The Morgan fingerprint density at radius 3 is 1.82 bits per heavy atom. The monoisotopic (exact) mass is 178 g/mol. The van der Waals surface area contributed by atoms with Crippen molar-refractivity contribution in [1.82, 2.24) is 0 Å². The van der Waals surface area contributed by atoms with Crippen LogP contribution < -0.4 is 0 Å². The Kier molecular flexibility index (Phi) is 2.95. The van der Waals surface area contributed by atoms with Crippen LogP contribution in [0.2, 0.25) is 0 Å². The highest BCUT2D eigenvalue weighted by Gasteiger charge is 2.33. The highest BCUT2D eigenvalue weighted by molar-refractivity contribution is 6.23. The molecule has 2 nitrogen and oxygen atoms in total. The average molecular weight is 179 g/mol. The molecule has 0 heterocycles. The predicted octanol–water partition coefficient (Wildman–Crippen LogP) is 2.50. The van der Waals surface area contributed by atoms with Gasteiger partial charge in [0.05, 0.1) is 5.41 Å². The molecule has 0 aromatic heterocycles. The lowest BCUT2D eigenvalue weighted by molar-refractivity contribution is -0.147. The largest absolute Gasteiger partial charge is 0.481 e. The van der Waals surface area contributed by atoms with Crippen molar-refractivity contribution in [3.05, 3.63) is 0 Å². The van der Waals surface area contributed by atoms with Crippen molar-refractivity contribution >= 4 is 17.6 Å². The summed E-state index contributed by atoms with van der Waals surface area (Å²) in [5.74, 6) is -0.800. The lowest BCUT2D eigenvalue weighted by Crippen LogP contribution is -2.30. The Morgan fingerprint density at radius 1 is 1.36 bits per heavy atom. The van der Waals surface area contributed by atoms with E-state index < -0.39 is 16.3 Å². The topological polar surface area (TPSA) is 37.3 Å². The smallest absolute Gasteiger partial charge is 0.309 e. The molecule has 0 saturated heterocycles. The molecule has 66 valence electrons. The number of carboxylic acid groups (broad SMARTS) is 1. The fourth-order valence-corrected chi connectivity index (χ4v) is 1.46. The van der Waals surface area contributed by atoms with Crippen LogP contribution >= 0.6 is 11.6 Å². The van der Waals surface area contributed by atoms with Crippen LogP contribution in [-0.4, -0.2) is 16.0 Å². The highest BCUT2D eigenvalue weighted by Crippen LogP contribution is 2.31. The molecule has 0 amide bonds. The molecule has 0 atom stereocenters. The van der Waals surface area contributed by atoms with E-state index in [0.29, 0.717) is 6.42 Å². The van der Waals surface area contributed by atoms with E-state index in [-0.39, 0.29) is 0 Å². The van der Waals surface area contributed by atoms with Crippen molar-refractivity contribution in [3.63, 3.8) is 0 Å². The van der Waals surface area contributed by atoms with Gasteiger partial charge >= 0.3 is 5.97 Å². The zero-order valence-corrected chi connectivity index (χ0v) is 8.20. The number of alkyl halides is 1. The zero-order valence-electron chi connectivity index (χ0n) is 7.44. The Bertz CT molecular complexity index is 156. The second-order valence-electron chi connectivity index (χ2n) is 4.08. The van der Waals surface area contributed by atoms with Gasteiger partial charge in [0.2, 0.25) is 0 Å². The number of carboxylic acids is 1. The van der Waals surface area contributed by atoms with E-state index in [0.717, 1.165) is 0 Å². The molecule has 0 rings (SSSR count). The first kappa shape index (κ1) is 10.8. The first-order valence-corrected chi connectivity index (χ1v) is 3.95. The normalized spacial score (nSPS) is 13.2. The van der Waals surface area contributed by atoms with E-state index in [4.69, 9.17) is 16.7 Å². The van der Waals surface area contributed by atoms with Crippen molar-refractivity contribution in [2.24, 2.45) is 5.41 Å². The van der Waals surface area contributed by atoms with Gasteiger partial charge in [-0.2, -0.15) is 0 Å². The molecule has 0 unspecified atom stereocenters. The number of hydrogen-bond acceptors (Lipinski definition) is 1. The molecular formula is C8H15ClO2. The summed E-state index contributed by atoms with van der Waals surface area (Å²) in [4.78, 5) is 10.2. The summed E-state index contributed by atoms with van der Waals surface area (Å²) in [5, 5.41) is 8.75. The molecule has 0 aliphatic heterocycles. The fourth-order valence-electron chi connectivity index (χ4n) is 1.13. The minimum absolute atomic E-state index is 0.443. The van der Waals surface area contributed by atoms with Gasteiger partial charge in [-0.25, -0.2) is 0 Å². The maximum atomic E-state index is 10.6. The minimum Gasteiger partial charge on any atom is -0.481 e. The second-order valence-corrected chi connectivity index (χ2v) is 5.11. The number of halogens is 1. The van der Waals surface area contributed by atoms with Crippen LogP contribution in [0.1, 0.15) is 34.1 Å². The standard InChI is InChI=1S/C8H15ClO2/c1-7(2,6(10)11)5-8(3,4)9/h5H2,1-4H3,(H,10,11). The Labute approximate surface area is 72.6 Å². The maximum Gasteiger partial charge on any atom is 0.309 e. The van der Waals surface area contributed by atoms with Crippen LogP contribution in [0.3, 0.4) is 0 Å². The van der Waals surface area contributed by atoms with Gasteiger partial charge in [0.1, 0.15) is 0 Å². The molecule has 0 aliphatic carbocycles. The summed E-state index contributed by atoms with van der Waals surface area (Å²) in [6, 6.07) is 0.